The normalized spacial score (nSPS) is 14.0. The molecular formula is C17H19N3O. The Morgan fingerprint density at radius 2 is 2.05 bits per heavy atom. The topological polar surface area (TPSA) is 45.2 Å². The van der Waals surface area contributed by atoms with Crippen LogP contribution in [-0.4, -0.2) is 17.4 Å². The molecule has 1 aromatic carbocycles. The van der Waals surface area contributed by atoms with Crippen LogP contribution in [0.4, 0.5) is 11.5 Å². The van der Waals surface area contributed by atoms with Gasteiger partial charge in [-0.05, 0) is 36.6 Å². The van der Waals surface area contributed by atoms with E-state index in [0.717, 1.165) is 30.0 Å². The lowest BCUT2D eigenvalue weighted by Gasteiger charge is -2.29. The predicted octanol–water partition coefficient (Wildman–Crippen LogP) is 2.99. The maximum Gasteiger partial charge on any atom is 0.227 e. The molecule has 0 atom stereocenters. The van der Waals surface area contributed by atoms with Crippen molar-refractivity contribution in [2.75, 3.05) is 16.8 Å². The van der Waals surface area contributed by atoms with Gasteiger partial charge in [-0.25, -0.2) is 4.98 Å². The number of pyridine rings is 1. The van der Waals surface area contributed by atoms with E-state index in [2.05, 4.69) is 16.4 Å². The highest BCUT2D eigenvalue weighted by Gasteiger charge is 2.23. The number of aryl methyl sites for hydroxylation is 1. The summed E-state index contributed by atoms with van der Waals surface area (Å²) in [4.78, 5) is 18.5. The lowest BCUT2D eigenvalue weighted by molar-refractivity contribution is -0.119. The summed E-state index contributed by atoms with van der Waals surface area (Å²) < 4.78 is 0. The molecule has 108 valence electrons. The fourth-order valence-corrected chi connectivity index (χ4v) is 2.66. The molecule has 1 amide bonds. The zero-order valence-corrected chi connectivity index (χ0v) is 12.2. The lowest BCUT2D eigenvalue weighted by Crippen LogP contribution is -2.34. The van der Waals surface area contributed by atoms with E-state index < -0.39 is 0 Å². The molecule has 4 heteroatoms. The van der Waals surface area contributed by atoms with Gasteiger partial charge in [-0.3, -0.25) is 4.79 Å². The summed E-state index contributed by atoms with van der Waals surface area (Å²) in [6.07, 6.45) is 3.26. The van der Waals surface area contributed by atoms with Crippen LogP contribution in [0.2, 0.25) is 0 Å². The van der Waals surface area contributed by atoms with Gasteiger partial charge < -0.3 is 10.2 Å². The highest BCUT2D eigenvalue weighted by atomic mass is 16.2. The molecule has 1 aliphatic rings. The van der Waals surface area contributed by atoms with Gasteiger partial charge in [0.05, 0.1) is 6.54 Å². The molecule has 1 N–H and O–H groups in total. The standard InChI is InChI=1S/C17H19N3O/c1-2-18-16-9-7-13(11-19-16)12-20-15-6-4-3-5-14(15)8-10-17(20)21/h3-7,9,11H,2,8,10,12H2,1H3,(H,18,19). The molecule has 0 spiro atoms. The van der Waals surface area contributed by atoms with Crippen molar-refractivity contribution < 1.29 is 4.79 Å². The fourth-order valence-electron chi connectivity index (χ4n) is 2.66. The summed E-state index contributed by atoms with van der Waals surface area (Å²) in [7, 11) is 0. The lowest BCUT2D eigenvalue weighted by atomic mass is 10.0. The Bertz CT molecular complexity index is 637. The Labute approximate surface area is 124 Å². The SMILES string of the molecule is CCNc1ccc(CN2C(=O)CCc3ccccc32)cn1. The minimum atomic E-state index is 0.185. The van der Waals surface area contributed by atoms with E-state index in [1.807, 2.05) is 48.4 Å². The first-order chi connectivity index (χ1) is 10.3. The monoisotopic (exact) mass is 281 g/mol. The van der Waals surface area contributed by atoms with Crippen LogP contribution in [0.5, 0.6) is 0 Å². The first-order valence-corrected chi connectivity index (χ1v) is 7.35. The summed E-state index contributed by atoms with van der Waals surface area (Å²) in [5.41, 5.74) is 3.32. The van der Waals surface area contributed by atoms with Crippen LogP contribution >= 0.6 is 0 Å². The zero-order chi connectivity index (χ0) is 14.7. The number of fused-ring (bicyclic) bond motifs is 1. The van der Waals surface area contributed by atoms with Gasteiger partial charge in [0.15, 0.2) is 0 Å². The van der Waals surface area contributed by atoms with Gasteiger partial charge in [-0.2, -0.15) is 0 Å². The molecule has 4 nitrogen and oxygen atoms in total. The smallest absolute Gasteiger partial charge is 0.227 e. The third-order valence-corrected chi connectivity index (χ3v) is 3.71. The number of benzene rings is 1. The fraction of sp³-hybridized carbons (Fsp3) is 0.294. The summed E-state index contributed by atoms with van der Waals surface area (Å²) in [6.45, 7) is 3.47. The van der Waals surface area contributed by atoms with E-state index in [1.54, 1.807) is 0 Å². The van der Waals surface area contributed by atoms with E-state index in [9.17, 15) is 4.79 Å². The van der Waals surface area contributed by atoms with E-state index >= 15 is 0 Å². The third-order valence-electron chi connectivity index (χ3n) is 3.71. The Morgan fingerprint density at radius 3 is 2.81 bits per heavy atom. The first-order valence-electron chi connectivity index (χ1n) is 7.35. The van der Waals surface area contributed by atoms with Crippen LogP contribution in [0, 0.1) is 0 Å². The predicted molar refractivity (Wildman–Crippen MR) is 84.4 cm³/mol. The maximum atomic E-state index is 12.2. The number of aromatic nitrogens is 1. The van der Waals surface area contributed by atoms with Gasteiger partial charge in [-0.1, -0.05) is 24.3 Å². The second-order valence-electron chi connectivity index (χ2n) is 5.19. The molecule has 0 aliphatic carbocycles. The Morgan fingerprint density at radius 1 is 1.19 bits per heavy atom. The largest absolute Gasteiger partial charge is 0.370 e. The Kier molecular flexibility index (Phi) is 3.86. The van der Waals surface area contributed by atoms with E-state index in [-0.39, 0.29) is 5.91 Å². The van der Waals surface area contributed by atoms with E-state index in [0.29, 0.717) is 13.0 Å². The highest BCUT2D eigenvalue weighted by molar-refractivity contribution is 5.96. The molecule has 0 saturated carbocycles. The number of carbonyl (C=O) groups excluding carboxylic acids is 1. The minimum Gasteiger partial charge on any atom is -0.370 e. The van der Waals surface area contributed by atoms with Crippen LogP contribution in [0.3, 0.4) is 0 Å². The molecule has 2 heterocycles. The molecule has 0 radical (unpaired) electrons. The van der Waals surface area contributed by atoms with Crippen molar-refractivity contribution in [3.8, 4) is 0 Å². The Hall–Kier alpha value is -2.36. The zero-order valence-electron chi connectivity index (χ0n) is 12.2. The second kappa shape index (κ2) is 5.95. The number of anilines is 2. The summed E-state index contributed by atoms with van der Waals surface area (Å²) >= 11 is 0. The van der Waals surface area contributed by atoms with Crippen LogP contribution in [-0.2, 0) is 17.8 Å². The second-order valence-corrected chi connectivity index (χ2v) is 5.19. The number of rotatable bonds is 4. The molecular weight excluding hydrogens is 262 g/mol. The van der Waals surface area contributed by atoms with Crippen molar-refractivity contribution in [1.29, 1.82) is 0 Å². The van der Waals surface area contributed by atoms with Crippen molar-refractivity contribution in [3.63, 3.8) is 0 Å². The molecule has 1 aromatic heterocycles. The van der Waals surface area contributed by atoms with Crippen LogP contribution in [0.1, 0.15) is 24.5 Å². The van der Waals surface area contributed by atoms with Gasteiger partial charge >= 0.3 is 0 Å². The Balaban J connectivity index is 1.82. The van der Waals surface area contributed by atoms with Crippen LogP contribution in [0.15, 0.2) is 42.6 Å². The molecule has 21 heavy (non-hydrogen) atoms. The van der Waals surface area contributed by atoms with Gasteiger partial charge in [0.1, 0.15) is 5.82 Å². The van der Waals surface area contributed by atoms with E-state index in [4.69, 9.17) is 0 Å². The first kappa shape index (κ1) is 13.6. The number of para-hydroxylation sites is 1. The van der Waals surface area contributed by atoms with Crippen molar-refractivity contribution in [1.82, 2.24) is 4.98 Å². The number of nitrogens with zero attached hydrogens (tertiary/aromatic N) is 2. The summed E-state index contributed by atoms with van der Waals surface area (Å²) in [5, 5.41) is 3.17. The van der Waals surface area contributed by atoms with Crippen molar-refractivity contribution >= 4 is 17.4 Å². The van der Waals surface area contributed by atoms with Crippen LogP contribution in [0.25, 0.3) is 0 Å². The number of hydrogen-bond acceptors (Lipinski definition) is 3. The van der Waals surface area contributed by atoms with Gasteiger partial charge in [0, 0.05) is 24.8 Å². The van der Waals surface area contributed by atoms with Crippen molar-refractivity contribution in [2.24, 2.45) is 0 Å². The number of hydrogen-bond donors (Lipinski definition) is 1. The third kappa shape index (κ3) is 2.89. The van der Waals surface area contributed by atoms with E-state index in [1.165, 1.54) is 5.56 Å². The highest BCUT2D eigenvalue weighted by Crippen LogP contribution is 2.28. The number of nitrogens with one attached hydrogen (secondary N) is 1. The average Bonchev–Trinajstić information content (AvgIpc) is 2.52. The number of amides is 1. The molecule has 0 saturated heterocycles. The molecule has 1 aliphatic heterocycles. The number of carbonyl (C=O) groups is 1. The van der Waals surface area contributed by atoms with Gasteiger partial charge in [0.2, 0.25) is 5.91 Å². The molecule has 0 unspecified atom stereocenters. The molecule has 0 bridgehead atoms. The molecule has 3 rings (SSSR count). The maximum absolute atomic E-state index is 12.2. The van der Waals surface area contributed by atoms with Gasteiger partial charge in [-0.15, -0.1) is 0 Å². The van der Waals surface area contributed by atoms with Gasteiger partial charge in [0.25, 0.3) is 0 Å². The quantitative estimate of drug-likeness (QED) is 0.937. The van der Waals surface area contributed by atoms with Crippen molar-refractivity contribution in [2.45, 2.75) is 26.3 Å². The summed E-state index contributed by atoms with van der Waals surface area (Å²) in [5.74, 6) is 1.05. The van der Waals surface area contributed by atoms with Crippen LogP contribution < -0.4 is 10.2 Å². The average molecular weight is 281 g/mol. The molecule has 0 fully saturated rings. The minimum absolute atomic E-state index is 0.185. The van der Waals surface area contributed by atoms with Crippen molar-refractivity contribution in [3.05, 3.63) is 53.7 Å². The summed E-state index contributed by atoms with van der Waals surface area (Å²) in [6, 6.07) is 12.1. The molecule has 2 aromatic rings.